The summed E-state index contributed by atoms with van der Waals surface area (Å²) in [6.07, 6.45) is 0.721. The molecule has 0 aliphatic rings. The number of carbonyl (C=O) groups is 1. The largest absolute Gasteiger partial charge is 0.462 e. The molecular weight excluding hydrogens is 318 g/mol. The maximum absolute atomic E-state index is 12.9. The molecule has 1 N–H and O–H groups in total. The van der Waals surface area contributed by atoms with E-state index in [1.54, 1.807) is 3.71 Å². The van der Waals surface area contributed by atoms with Gasteiger partial charge in [0.25, 0.3) is 6.02 Å². The highest BCUT2D eigenvalue weighted by molar-refractivity contribution is 8.13. The molecule has 22 heavy (non-hydrogen) atoms. The Morgan fingerprint density at radius 2 is 1.50 bits per heavy atom. The summed E-state index contributed by atoms with van der Waals surface area (Å²) in [7, 11) is 0. The fraction of sp³-hybridized carbons (Fsp3) is 0.867. The van der Waals surface area contributed by atoms with Gasteiger partial charge >= 0.3 is 6.03 Å². The summed E-state index contributed by atoms with van der Waals surface area (Å²) in [6.45, 7) is 15.9. The van der Waals surface area contributed by atoms with Gasteiger partial charge in [0.05, 0.1) is 6.10 Å². The van der Waals surface area contributed by atoms with Crippen molar-refractivity contribution in [1.29, 1.82) is 5.41 Å². The highest BCUT2D eigenvalue weighted by atomic mass is 32.2. The zero-order valence-corrected chi connectivity index (χ0v) is 16.7. The van der Waals surface area contributed by atoms with Crippen LogP contribution in [0, 0.1) is 5.41 Å². The number of rotatable bonds is 7. The van der Waals surface area contributed by atoms with Gasteiger partial charge in [-0.3, -0.25) is 5.41 Å². The summed E-state index contributed by atoms with van der Waals surface area (Å²) in [5, 5.41) is 8.71. The van der Waals surface area contributed by atoms with E-state index in [9.17, 15) is 4.79 Å². The topological polar surface area (TPSA) is 56.6 Å². The summed E-state index contributed by atoms with van der Waals surface area (Å²) in [6, 6.07) is -0.416. The highest BCUT2D eigenvalue weighted by Crippen LogP contribution is 2.30. The van der Waals surface area contributed by atoms with Crippen LogP contribution in [-0.4, -0.2) is 43.3 Å². The van der Waals surface area contributed by atoms with Crippen molar-refractivity contribution in [3.8, 4) is 0 Å². The summed E-state index contributed by atoms with van der Waals surface area (Å²) < 4.78 is 7.22. The molecule has 0 heterocycles. The molecule has 1 unspecified atom stereocenters. The number of nitrogens with zero attached hydrogens (tertiary/aromatic N) is 2. The van der Waals surface area contributed by atoms with E-state index in [0.717, 1.165) is 6.42 Å². The van der Waals surface area contributed by atoms with E-state index in [4.69, 9.17) is 10.1 Å². The van der Waals surface area contributed by atoms with E-state index in [2.05, 4.69) is 0 Å². The molecule has 0 aliphatic heterocycles. The third-order valence-electron chi connectivity index (χ3n) is 2.60. The van der Waals surface area contributed by atoms with Crippen LogP contribution in [0.15, 0.2) is 0 Å². The predicted octanol–water partition coefficient (Wildman–Crippen LogP) is 4.98. The maximum atomic E-state index is 12.9. The molecule has 0 spiro atoms. The molecule has 7 heteroatoms. The summed E-state index contributed by atoms with van der Waals surface area (Å²) >= 11 is 2.95. The van der Waals surface area contributed by atoms with Crippen LogP contribution >= 0.6 is 23.9 Å². The molecular formula is C15H31N3O2S2. The molecule has 0 aromatic heterocycles. The van der Waals surface area contributed by atoms with E-state index in [1.165, 1.54) is 28.8 Å². The number of urea groups is 1. The molecule has 0 saturated carbocycles. The van der Waals surface area contributed by atoms with Gasteiger partial charge in [-0.05, 0) is 51.1 Å². The van der Waals surface area contributed by atoms with Gasteiger partial charge in [0, 0.05) is 16.5 Å². The summed E-state index contributed by atoms with van der Waals surface area (Å²) in [5.74, 6) is 0. The number of hydrogen-bond acceptors (Lipinski definition) is 5. The van der Waals surface area contributed by atoms with Crippen LogP contribution in [-0.2, 0) is 4.74 Å². The van der Waals surface area contributed by atoms with Gasteiger partial charge < -0.3 is 4.74 Å². The molecule has 2 amide bonds. The van der Waals surface area contributed by atoms with Crippen LogP contribution in [0.5, 0.6) is 0 Å². The second-order valence-electron chi connectivity index (χ2n) is 5.95. The number of nitrogens with one attached hydrogen (secondary N) is 1. The van der Waals surface area contributed by atoms with Gasteiger partial charge in [0.2, 0.25) is 0 Å². The zero-order chi connectivity index (χ0) is 17.4. The molecule has 5 nitrogen and oxygen atoms in total. The molecule has 1 atom stereocenters. The Balaban J connectivity index is 5.17. The lowest BCUT2D eigenvalue weighted by molar-refractivity contribution is 0.146. The lowest BCUT2D eigenvalue weighted by Crippen LogP contribution is -2.47. The Morgan fingerprint density at radius 1 is 1.05 bits per heavy atom. The minimum atomic E-state index is -0.208. The molecule has 0 fully saturated rings. The summed E-state index contributed by atoms with van der Waals surface area (Å²) in [4.78, 5) is 14.3. The lowest BCUT2D eigenvalue weighted by atomic mass is 10.3. The van der Waals surface area contributed by atoms with Crippen molar-refractivity contribution in [1.82, 2.24) is 8.61 Å². The fourth-order valence-electron chi connectivity index (χ4n) is 1.46. The van der Waals surface area contributed by atoms with Gasteiger partial charge in [0.1, 0.15) is 0 Å². The number of hydrogen-bond donors (Lipinski definition) is 1. The first-order valence-electron chi connectivity index (χ1n) is 7.82. The Morgan fingerprint density at radius 3 is 1.82 bits per heavy atom. The van der Waals surface area contributed by atoms with Gasteiger partial charge in [-0.25, -0.2) is 13.4 Å². The molecule has 0 aliphatic carbocycles. The van der Waals surface area contributed by atoms with Gasteiger partial charge in [-0.15, -0.1) is 0 Å². The SMILES string of the molecule is CCC(C)OC(=N)N(C(=O)N(SC(C)C)SC(C)C)C(C)C. The minimum absolute atomic E-state index is 0.0759. The Bertz CT molecular complexity index is 353. The Kier molecular flexibility index (Phi) is 10.00. The van der Waals surface area contributed by atoms with E-state index in [1.807, 2.05) is 55.4 Å². The van der Waals surface area contributed by atoms with Crippen LogP contribution in [0.3, 0.4) is 0 Å². The molecule has 0 bridgehead atoms. The number of ether oxygens (including phenoxy) is 1. The minimum Gasteiger partial charge on any atom is -0.462 e. The molecule has 0 aromatic carbocycles. The van der Waals surface area contributed by atoms with Gasteiger partial charge in [0.15, 0.2) is 0 Å². The number of amidine groups is 1. The van der Waals surface area contributed by atoms with Crippen molar-refractivity contribution < 1.29 is 9.53 Å². The van der Waals surface area contributed by atoms with E-state index in [0.29, 0.717) is 0 Å². The van der Waals surface area contributed by atoms with Crippen LogP contribution in [0.4, 0.5) is 4.79 Å². The smallest absolute Gasteiger partial charge is 0.348 e. The van der Waals surface area contributed by atoms with Gasteiger partial charge in [-0.2, -0.15) is 0 Å². The van der Waals surface area contributed by atoms with Crippen molar-refractivity contribution in [3.63, 3.8) is 0 Å². The van der Waals surface area contributed by atoms with E-state index < -0.39 is 0 Å². The molecule has 0 aromatic rings. The second-order valence-corrected chi connectivity index (χ2v) is 9.22. The first kappa shape index (κ1) is 21.4. The van der Waals surface area contributed by atoms with Crippen LogP contribution in [0.1, 0.15) is 61.8 Å². The zero-order valence-electron chi connectivity index (χ0n) is 15.0. The lowest BCUT2D eigenvalue weighted by Gasteiger charge is -2.33. The van der Waals surface area contributed by atoms with E-state index in [-0.39, 0.29) is 34.7 Å². The van der Waals surface area contributed by atoms with Crippen LogP contribution < -0.4 is 0 Å². The Labute approximate surface area is 144 Å². The van der Waals surface area contributed by atoms with Crippen molar-refractivity contribution in [2.24, 2.45) is 0 Å². The van der Waals surface area contributed by atoms with Crippen molar-refractivity contribution in [3.05, 3.63) is 0 Å². The second kappa shape index (κ2) is 10.3. The molecule has 0 radical (unpaired) electrons. The number of carbonyl (C=O) groups excluding carboxylic acids is 1. The van der Waals surface area contributed by atoms with Crippen LogP contribution in [0.2, 0.25) is 0 Å². The molecule has 0 saturated heterocycles. The molecule has 0 rings (SSSR count). The quantitative estimate of drug-likeness (QED) is 0.400. The van der Waals surface area contributed by atoms with E-state index >= 15 is 0 Å². The normalized spacial score (nSPS) is 12.7. The third-order valence-corrected chi connectivity index (χ3v) is 4.65. The average molecular weight is 350 g/mol. The average Bonchev–Trinajstić information content (AvgIpc) is 2.36. The maximum Gasteiger partial charge on any atom is 0.348 e. The standard InChI is InChI=1S/C15H31N3O2S2/c1-9-13(8)20-14(16)17(10(2)3)15(19)18(21-11(4)5)22-12(6)7/h10-13,16H,9H2,1-8H3. The molecule has 130 valence electrons. The highest BCUT2D eigenvalue weighted by Gasteiger charge is 2.30. The van der Waals surface area contributed by atoms with Crippen LogP contribution in [0.25, 0.3) is 0 Å². The fourth-order valence-corrected chi connectivity index (χ4v) is 3.81. The van der Waals surface area contributed by atoms with Crippen molar-refractivity contribution in [2.75, 3.05) is 0 Å². The first-order valence-corrected chi connectivity index (χ1v) is 9.49. The first-order chi connectivity index (χ1) is 10.1. The number of amides is 2. The summed E-state index contributed by atoms with van der Waals surface area (Å²) in [5.41, 5.74) is 0. The monoisotopic (exact) mass is 349 g/mol. The third kappa shape index (κ3) is 7.63. The van der Waals surface area contributed by atoms with Crippen molar-refractivity contribution >= 4 is 35.9 Å². The van der Waals surface area contributed by atoms with Gasteiger partial charge in [-0.1, -0.05) is 34.6 Å². The predicted molar refractivity (Wildman–Crippen MR) is 98.2 cm³/mol. The Hall–Kier alpha value is -0.560. The van der Waals surface area contributed by atoms with Crippen molar-refractivity contribution in [2.45, 2.75) is 84.5 Å².